The van der Waals surface area contributed by atoms with Crippen molar-refractivity contribution in [3.63, 3.8) is 0 Å². The van der Waals surface area contributed by atoms with Crippen molar-refractivity contribution >= 4 is 11.5 Å². The number of hydrogen-bond acceptors (Lipinski definition) is 4. The number of halogens is 1. The summed E-state index contributed by atoms with van der Waals surface area (Å²) < 4.78 is 19.2. The molecule has 1 unspecified atom stereocenters. The van der Waals surface area contributed by atoms with Crippen LogP contribution in [-0.4, -0.2) is 23.0 Å². The quantitative estimate of drug-likeness (QED) is 0.778. The minimum Gasteiger partial charge on any atom is -0.468 e. The highest BCUT2D eigenvalue weighted by Gasteiger charge is 2.44. The Morgan fingerprint density at radius 1 is 1.27 bits per heavy atom. The van der Waals surface area contributed by atoms with E-state index in [1.165, 1.54) is 13.2 Å². The number of nitrogens with zero attached hydrogens (tertiary/aromatic N) is 2. The zero-order chi connectivity index (χ0) is 18.3. The standard InChI is InChI=1S/C21H21FN2O2/c1-13-17(4-3-5-18(13)22)21(20(25)26-2)9-8-15(10-21)16-11-23-19(24-12-16)14-6-7-14/h3-5,10-12,14H,6-9H2,1-2H3. The second-order valence-electron chi connectivity index (χ2n) is 7.15. The summed E-state index contributed by atoms with van der Waals surface area (Å²) in [7, 11) is 1.37. The van der Waals surface area contributed by atoms with Crippen molar-refractivity contribution in [3.05, 3.63) is 65.0 Å². The van der Waals surface area contributed by atoms with Gasteiger partial charge in [0.15, 0.2) is 0 Å². The molecule has 0 N–H and O–H groups in total. The van der Waals surface area contributed by atoms with E-state index in [1.54, 1.807) is 13.0 Å². The molecule has 26 heavy (non-hydrogen) atoms. The summed E-state index contributed by atoms with van der Waals surface area (Å²) in [5.74, 6) is 0.722. The first-order chi connectivity index (χ1) is 12.5. The van der Waals surface area contributed by atoms with E-state index in [9.17, 15) is 9.18 Å². The summed E-state index contributed by atoms with van der Waals surface area (Å²) in [5.41, 5.74) is 2.09. The van der Waals surface area contributed by atoms with Gasteiger partial charge < -0.3 is 4.74 Å². The number of rotatable bonds is 4. The second-order valence-corrected chi connectivity index (χ2v) is 7.15. The first-order valence-corrected chi connectivity index (χ1v) is 8.93. The Morgan fingerprint density at radius 3 is 2.65 bits per heavy atom. The van der Waals surface area contributed by atoms with Crippen LogP contribution in [0.3, 0.4) is 0 Å². The van der Waals surface area contributed by atoms with E-state index in [0.29, 0.717) is 29.9 Å². The summed E-state index contributed by atoms with van der Waals surface area (Å²) in [6.45, 7) is 1.70. The van der Waals surface area contributed by atoms with Gasteiger partial charge in [-0.2, -0.15) is 0 Å². The average Bonchev–Trinajstić information content (AvgIpc) is 3.42. The third-order valence-electron chi connectivity index (χ3n) is 5.49. The van der Waals surface area contributed by atoms with Crippen LogP contribution in [0.1, 0.15) is 54.1 Å². The fourth-order valence-electron chi connectivity index (χ4n) is 3.81. The molecule has 0 radical (unpaired) electrons. The molecule has 0 saturated heterocycles. The molecular weight excluding hydrogens is 331 g/mol. The van der Waals surface area contributed by atoms with E-state index < -0.39 is 5.41 Å². The van der Waals surface area contributed by atoms with Crippen molar-refractivity contribution in [2.45, 2.75) is 43.9 Å². The summed E-state index contributed by atoms with van der Waals surface area (Å²) >= 11 is 0. The van der Waals surface area contributed by atoms with Gasteiger partial charge in [-0.15, -0.1) is 0 Å². The van der Waals surface area contributed by atoms with Crippen LogP contribution in [0.15, 0.2) is 36.7 Å². The van der Waals surface area contributed by atoms with Gasteiger partial charge in [-0.25, -0.2) is 14.4 Å². The molecule has 134 valence electrons. The Morgan fingerprint density at radius 2 is 2.00 bits per heavy atom. The van der Waals surface area contributed by atoms with Crippen LogP contribution >= 0.6 is 0 Å². The lowest BCUT2D eigenvalue weighted by molar-refractivity contribution is -0.145. The largest absolute Gasteiger partial charge is 0.468 e. The molecule has 0 spiro atoms. The second kappa shape index (κ2) is 6.31. The van der Waals surface area contributed by atoms with Crippen LogP contribution in [0.5, 0.6) is 0 Å². The third-order valence-corrected chi connectivity index (χ3v) is 5.49. The number of benzene rings is 1. The van der Waals surface area contributed by atoms with Crippen LogP contribution in [-0.2, 0) is 14.9 Å². The number of allylic oxidation sites excluding steroid dienone is 1. The van der Waals surface area contributed by atoms with Crippen molar-refractivity contribution < 1.29 is 13.9 Å². The van der Waals surface area contributed by atoms with Crippen LogP contribution in [0.25, 0.3) is 5.57 Å². The molecule has 2 aromatic rings. The highest BCUT2D eigenvalue weighted by molar-refractivity contribution is 5.91. The molecule has 1 saturated carbocycles. The Hall–Kier alpha value is -2.56. The Balaban J connectivity index is 1.76. The molecule has 4 nitrogen and oxygen atoms in total. The minimum absolute atomic E-state index is 0.315. The zero-order valence-corrected chi connectivity index (χ0v) is 15.0. The number of carbonyl (C=O) groups is 1. The summed E-state index contributed by atoms with van der Waals surface area (Å²) in [4.78, 5) is 21.7. The molecule has 1 fully saturated rings. The average molecular weight is 352 g/mol. The molecule has 1 atom stereocenters. The maximum atomic E-state index is 14.1. The Labute approximate surface area is 152 Å². The zero-order valence-electron chi connectivity index (χ0n) is 15.0. The maximum absolute atomic E-state index is 14.1. The lowest BCUT2D eigenvalue weighted by Gasteiger charge is -2.26. The highest BCUT2D eigenvalue weighted by Crippen LogP contribution is 2.45. The molecule has 2 aliphatic carbocycles. The lowest BCUT2D eigenvalue weighted by atomic mass is 9.77. The number of carbonyl (C=O) groups excluding carboxylic acids is 1. The molecule has 1 aromatic heterocycles. The van der Waals surface area contributed by atoms with Gasteiger partial charge in [0.05, 0.1) is 7.11 Å². The van der Waals surface area contributed by atoms with E-state index in [1.807, 2.05) is 24.5 Å². The van der Waals surface area contributed by atoms with Crippen molar-refractivity contribution in [1.29, 1.82) is 0 Å². The van der Waals surface area contributed by atoms with Crippen LogP contribution in [0, 0.1) is 12.7 Å². The Kier molecular flexibility index (Phi) is 4.10. The van der Waals surface area contributed by atoms with Crippen molar-refractivity contribution in [2.75, 3.05) is 7.11 Å². The number of hydrogen-bond donors (Lipinski definition) is 0. The highest BCUT2D eigenvalue weighted by atomic mass is 19.1. The predicted octanol–water partition coefficient (Wildman–Crippen LogP) is 4.09. The molecule has 0 amide bonds. The number of methoxy groups -OCH3 is 1. The molecule has 5 heteroatoms. The smallest absolute Gasteiger partial charge is 0.320 e. The van der Waals surface area contributed by atoms with E-state index in [-0.39, 0.29) is 11.8 Å². The van der Waals surface area contributed by atoms with Gasteiger partial charge in [0, 0.05) is 23.9 Å². The number of aromatic nitrogens is 2. The van der Waals surface area contributed by atoms with E-state index in [0.717, 1.165) is 29.8 Å². The van der Waals surface area contributed by atoms with Crippen LogP contribution in [0.2, 0.25) is 0 Å². The molecular formula is C21H21FN2O2. The molecule has 4 rings (SSSR count). The Bertz CT molecular complexity index is 887. The van der Waals surface area contributed by atoms with E-state index >= 15 is 0 Å². The SMILES string of the molecule is COC(=O)C1(c2cccc(F)c2C)C=C(c2cnc(C3CC3)nc2)CC1. The topological polar surface area (TPSA) is 52.1 Å². The van der Waals surface area contributed by atoms with Gasteiger partial charge in [-0.05, 0) is 55.4 Å². The number of ether oxygens (including phenoxy) is 1. The first-order valence-electron chi connectivity index (χ1n) is 8.93. The summed E-state index contributed by atoms with van der Waals surface area (Å²) in [6, 6.07) is 4.86. The lowest BCUT2D eigenvalue weighted by Crippen LogP contribution is -2.34. The van der Waals surface area contributed by atoms with E-state index in [4.69, 9.17) is 4.74 Å². The van der Waals surface area contributed by atoms with Gasteiger partial charge in [0.25, 0.3) is 0 Å². The fourth-order valence-corrected chi connectivity index (χ4v) is 3.81. The number of esters is 1. The summed E-state index contributed by atoms with van der Waals surface area (Å²) in [5, 5.41) is 0. The molecule has 0 aliphatic heterocycles. The van der Waals surface area contributed by atoms with Gasteiger partial charge in [0.1, 0.15) is 17.1 Å². The normalized spacial score (nSPS) is 22.2. The van der Waals surface area contributed by atoms with E-state index in [2.05, 4.69) is 9.97 Å². The van der Waals surface area contributed by atoms with Gasteiger partial charge in [0.2, 0.25) is 0 Å². The molecule has 2 aliphatic rings. The van der Waals surface area contributed by atoms with Crippen LogP contribution in [0.4, 0.5) is 4.39 Å². The summed E-state index contributed by atoms with van der Waals surface area (Å²) in [6.07, 6.45) is 9.13. The van der Waals surface area contributed by atoms with Crippen LogP contribution < -0.4 is 0 Å². The van der Waals surface area contributed by atoms with Gasteiger partial charge in [-0.1, -0.05) is 18.2 Å². The third kappa shape index (κ3) is 2.71. The van der Waals surface area contributed by atoms with Gasteiger partial charge in [-0.3, -0.25) is 4.79 Å². The monoisotopic (exact) mass is 352 g/mol. The predicted molar refractivity (Wildman–Crippen MR) is 96.0 cm³/mol. The first kappa shape index (κ1) is 16.9. The molecule has 1 aromatic carbocycles. The minimum atomic E-state index is -0.967. The molecule has 1 heterocycles. The van der Waals surface area contributed by atoms with Crippen molar-refractivity contribution in [3.8, 4) is 0 Å². The van der Waals surface area contributed by atoms with Crippen molar-refractivity contribution in [2.24, 2.45) is 0 Å². The molecule has 0 bridgehead atoms. The van der Waals surface area contributed by atoms with Crippen molar-refractivity contribution in [1.82, 2.24) is 9.97 Å². The maximum Gasteiger partial charge on any atom is 0.320 e. The fraction of sp³-hybridized carbons (Fsp3) is 0.381. The van der Waals surface area contributed by atoms with Gasteiger partial charge >= 0.3 is 5.97 Å².